The molecule has 0 saturated carbocycles. The van der Waals surface area contributed by atoms with Crippen molar-refractivity contribution < 1.29 is 14.0 Å². The first-order valence-electron chi connectivity index (χ1n) is 7.68. The lowest BCUT2D eigenvalue weighted by atomic mass is 9.89. The van der Waals surface area contributed by atoms with Crippen molar-refractivity contribution in [2.75, 3.05) is 25.0 Å². The van der Waals surface area contributed by atoms with Gasteiger partial charge in [-0.15, -0.1) is 0 Å². The maximum Gasteiger partial charge on any atom is 0.243 e. The highest BCUT2D eigenvalue weighted by Crippen LogP contribution is 2.19. The molecule has 2 saturated heterocycles. The van der Waals surface area contributed by atoms with Gasteiger partial charge < -0.3 is 16.0 Å². The number of hydrogen-bond acceptors (Lipinski definition) is 5. The smallest absolute Gasteiger partial charge is 0.243 e. The number of nitrogens with one attached hydrogen (secondary N) is 5. The summed E-state index contributed by atoms with van der Waals surface area (Å²) in [6.45, 7) is 1.54. The lowest BCUT2D eigenvalue weighted by molar-refractivity contribution is -0.126. The molecule has 0 bridgehead atoms. The number of halogens is 1. The molecule has 7 nitrogen and oxygen atoms in total. The number of fused-ring (bicyclic) bond motifs is 1. The molecule has 2 aliphatic rings. The van der Waals surface area contributed by atoms with Crippen molar-refractivity contribution in [3.63, 3.8) is 0 Å². The topological polar surface area (TPSA) is 94.3 Å². The summed E-state index contributed by atoms with van der Waals surface area (Å²) in [5, 5.41) is 8.43. The fraction of sp³-hybridized carbons (Fsp3) is 0.467. The zero-order valence-electron chi connectivity index (χ0n) is 12.6. The molecule has 0 radical (unpaired) electrons. The highest BCUT2D eigenvalue weighted by molar-refractivity contribution is 5.95. The first-order valence-corrected chi connectivity index (χ1v) is 7.68. The van der Waals surface area contributed by atoms with Crippen LogP contribution in [0.15, 0.2) is 24.3 Å². The SMILES string of the molecule is O=C(CNC(=O)C1NNC2CCNCC21)Nc1cccc(F)c1. The van der Waals surface area contributed by atoms with E-state index in [0.29, 0.717) is 5.69 Å². The van der Waals surface area contributed by atoms with Crippen LogP contribution < -0.4 is 26.8 Å². The van der Waals surface area contributed by atoms with Gasteiger partial charge in [0.05, 0.1) is 6.54 Å². The third-order valence-corrected chi connectivity index (χ3v) is 4.20. The van der Waals surface area contributed by atoms with E-state index >= 15 is 0 Å². The van der Waals surface area contributed by atoms with Crippen LogP contribution in [0, 0.1) is 11.7 Å². The van der Waals surface area contributed by atoms with Gasteiger partial charge in [-0.2, -0.15) is 0 Å². The van der Waals surface area contributed by atoms with Crippen molar-refractivity contribution >= 4 is 17.5 Å². The van der Waals surface area contributed by atoms with Crippen molar-refractivity contribution in [3.05, 3.63) is 30.1 Å². The molecular weight excluding hydrogens is 301 g/mol. The predicted molar refractivity (Wildman–Crippen MR) is 82.9 cm³/mol. The molecule has 0 spiro atoms. The van der Waals surface area contributed by atoms with Crippen molar-refractivity contribution in [3.8, 4) is 0 Å². The standard InChI is InChI=1S/C15H20FN5O2/c16-9-2-1-3-10(6-9)19-13(22)8-18-15(23)14-11-7-17-5-4-12(11)20-21-14/h1-3,6,11-12,14,17,20-21H,4-5,7-8H2,(H,18,23)(H,19,22). The number of carbonyl (C=O) groups is 2. The van der Waals surface area contributed by atoms with Gasteiger partial charge in [-0.1, -0.05) is 6.07 Å². The van der Waals surface area contributed by atoms with Crippen molar-refractivity contribution in [1.29, 1.82) is 0 Å². The van der Waals surface area contributed by atoms with Crippen LogP contribution in [-0.2, 0) is 9.59 Å². The normalized spacial score (nSPS) is 26.4. The average Bonchev–Trinajstić information content (AvgIpc) is 2.97. The molecule has 124 valence electrons. The fourth-order valence-corrected chi connectivity index (χ4v) is 3.02. The van der Waals surface area contributed by atoms with Gasteiger partial charge in [0.25, 0.3) is 0 Å². The fourth-order valence-electron chi connectivity index (χ4n) is 3.02. The van der Waals surface area contributed by atoms with Gasteiger partial charge in [0.1, 0.15) is 11.9 Å². The van der Waals surface area contributed by atoms with E-state index in [0.717, 1.165) is 19.5 Å². The minimum absolute atomic E-state index is 0.154. The summed E-state index contributed by atoms with van der Waals surface area (Å²) < 4.78 is 13.1. The first-order chi connectivity index (χ1) is 11.1. The first kappa shape index (κ1) is 15.9. The molecule has 0 aromatic heterocycles. The Bertz CT molecular complexity index is 597. The monoisotopic (exact) mass is 321 g/mol. The van der Waals surface area contributed by atoms with Gasteiger partial charge in [0.15, 0.2) is 0 Å². The summed E-state index contributed by atoms with van der Waals surface area (Å²) in [6, 6.07) is 5.52. The molecule has 8 heteroatoms. The minimum atomic E-state index is -0.427. The molecule has 0 aliphatic carbocycles. The maximum atomic E-state index is 13.1. The summed E-state index contributed by atoms with van der Waals surface area (Å²) in [4.78, 5) is 24.1. The molecule has 3 unspecified atom stereocenters. The molecule has 1 aromatic carbocycles. The van der Waals surface area contributed by atoms with Crippen LogP contribution in [0.25, 0.3) is 0 Å². The molecule has 2 heterocycles. The van der Waals surface area contributed by atoms with Crippen molar-refractivity contribution in [2.24, 2.45) is 5.92 Å². The summed E-state index contributed by atoms with van der Waals surface area (Å²) in [5.74, 6) is -0.879. The van der Waals surface area contributed by atoms with Crippen molar-refractivity contribution in [1.82, 2.24) is 21.5 Å². The summed E-state index contributed by atoms with van der Waals surface area (Å²) in [7, 11) is 0. The van der Waals surface area contributed by atoms with E-state index in [4.69, 9.17) is 0 Å². The van der Waals surface area contributed by atoms with E-state index in [-0.39, 0.29) is 30.5 Å². The molecule has 3 rings (SSSR count). The van der Waals surface area contributed by atoms with Crippen LogP contribution in [0.3, 0.4) is 0 Å². The quantitative estimate of drug-likeness (QED) is 0.507. The predicted octanol–water partition coefficient (Wildman–Crippen LogP) is -0.665. The highest BCUT2D eigenvalue weighted by Gasteiger charge is 2.41. The Hall–Kier alpha value is -2.03. The lowest BCUT2D eigenvalue weighted by Crippen LogP contribution is -2.50. The van der Waals surface area contributed by atoms with E-state index in [2.05, 4.69) is 26.8 Å². The Balaban J connectivity index is 1.48. The third-order valence-electron chi connectivity index (χ3n) is 4.20. The van der Waals surface area contributed by atoms with Crippen LogP contribution in [0.1, 0.15) is 6.42 Å². The van der Waals surface area contributed by atoms with Crippen LogP contribution >= 0.6 is 0 Å². The van der Waals surface area contributed by atoms with E-state index < -0.39 is 11.7 Å². The Morgan fingerprint density at radius 2 is 2.17 bits per heavy atom. The highest BCUT2D eigenvalue weighted by atomic mass is 19.1. The Labute approximate surface area is 133 Å². The average molecular weight is 321 g/mol. The molecule has 1 aromatic rings. The van der Waals surface area contributed by atoms with Crippen LogP contribution in [0.2, 0.25) is 0 Å². The zero-order chi connectivity index (χ0) is 16.2. The largest absolute Gasteiger partial charge is 0.346 e. The van der Waals surface area contributed by atoms with E-state index in [1.165, 1.54) is 18.2 Å². The number of benzene rings is 1. The second-order valence-electron chi connectivity index (χ2n) is 5.81. The van der Waals surface area contributed by atoms with Gasteiger partial charge in [0, 0.05) is 24.2 Å². The Kier molecular flexibility index (Phi) is 4.85. The summed E-state index contributed by atoms with van der Waals surface area (Å²) >= 11 is 0. The van der Waals surface area contributed by atoms with Gasteiger partial charge in [-0.3, -0.25) is 15.0 Å². The zero-order valence-corrected chi connectivity index (χ0v) is 12.6. The maximum absolute atomic E-state index is 13.1. The summed E-state index contributed by atoms with van der Waals surface area (Å²) in [5.41, 5.74) is 6.49. The number of carbonyl (C=O) groups excluding carboxylic acids is 2. The van der Waals surface area contributed by atoms with Gasteiger partial charge in [0.2, 0.25) is 11.8 Å². The Morgan fingerprint density at radius 1 is 1.30 bits per heavy atom. The van der Waals surface area contributed by atoms with E-state index in [9.17, 15) is 14.0 Å². The molecule has 2 fully saturated rings. The van der Waals surface area contributed by atoms with Crippen LogP contribution in [-0.4, -0.2) is 43.5 Å². The third kappa shape index (κ3) is 3.84. The number of hydrogen-bond donors (Lipinski definition) is 5. The van der Waals surface area contributed by atoms with Crippen LogP contribution in [0.4, 0.5) is 10.1 Å². The molecule has 2 aliphatic heterocycles. The lowest BCUT2D eigenvalue weighted by Gasteiger charge is -2.27. The number of amides is 2. The molecule has 3 atom stereocenters. The second-order valence-corrected chi connectivity index (χ2v) is 5.81. The molecule has 23 heavy (non-hydrogen) atoms. The van der Waals surface area contributed by atoms with Gasteiger partial charge >= 0.3 is 0 Å². The molecular formula is C15H20FN5O2. The summed E-state index contributed by atoms with van der Waals surface area (Å²) in [6.07, 6.45) is 0.960. The number of anilines is 1. The number of piperidine rings is 1. The van der Waals surface area contributed by atoms with Gasteiger partial charge in [-0.05, 0) is 31.2 Å². The minimum Gasteiger partial charge on any atom is -0.346 e. The molecule has 2 amide bonds. The van der Waals surface area contributed by atoms with Gasteiger partial charge in [-0.25, -0.2) is 9.82 Å². The van der Waals surface area contributed by atoms with Crippen molar-refractivity contribution in [2.45, 2.75) is 18.5 Å². The molecule has 5 N–H and O–H groups in total. The van der Waals surface area contributed by atoms with E-state index in [1.54, 1.807) is 6.07 Å². The van der Waals surface area contributed by atoms with Crippen LogP contribution in [0.5, 0.6) is 0 Å². The van der Waals surface area contributed by atoms with E-state index in [1.807, 2.05) is 0 Å². The number of hydrazine groups is 1. The second kappa shape index (κ2) is 7.03. The Morgan fingerprint density at radius 3 is 3.00 bits per heavy atom. The number of rotatable bonds is 4.